The van der Waals surface area contributed by atoms with Gasteiger partial charge in [0, 0.05) is 30.2 Å². The Balaban J connectivity index is 1.35. The van der Waals surface area contributed by atoms with Crippen LogP contribution in [0.2, 0.25) is 0 Å². The van der Waals surface area contributed by atoms with E-state index < -0.39 is 11.6 Å². The van der Waals surface area contributed by atoms with Gasteiger partial charge in [-0.1, -0.05) is 49.9 Å². The number of nitrogens with one attached hydrogen (secondary N) is 3. The summed E-state index contributed by atoms with van der Waals surface area (Å²) >= 11 is 0. The second kappa shape index (κ2) is 14.9. The molecule has 4 aliphatic rings. The predicted molar refractivity (Wildman–Crippen MR) is 177 cm³/mol. The van der Waals surface area contributed by atoms with E-state index in [1.54, 1.807) is 0 Å². The highest BCUT2D eigenvalue weighted by molar-refractivity contribution is 5.68. The molecule has 2 saturated heterocycles. The molecule has 7 atom stereocenters. The lowest BCUT2D eigenvalue weighted by Crippen LogP contribution is -2.58. The molecule has 7 nitrogen and oxygen atoms in total. The van der Waals surface area contributed by atoms with Crippen molar-refractivity contribution in [2.24, 2.45) is 11.3 Å². The van der Waals surface area contributed by atoms with Crippen molar-refractivity contribution < 1.29 is 20.1 Å². The molecule has 3 aliphatic heterocycles. The third-order valence-corrected chi connectivity index (χ3v) is 12.0. The number of piperidine rings is 2. The fourth-order valence-electron chi connectivity index (χ4n) is 9.19. The highest BCUT2D eigenvalue weighted by atomic mass is 16.4. The smallest absolute Gasteiger partial charge is 0.306 e. The molecule has 1 aromatic rings. The zero-order valence-electron chi connectivity index (χ0n) is 27.6. The summed E-state index contributed by atoms with van der Waals surface area (Å²) in [4.78, 5) is 11.9. The summed E-state index contributed by atoms with van der Waals surface area (Å²) in [6.45, 7) is 5.61. The topological polar surface area (TPSA) is 114 Å². The Morgan fingerprint density at radius 3 is 2.45 bits per heavy atom. The summed E-state index contributed by atoms with van der Waals surface area (Å²) in [7, 11) is 0. The first kappa shape index (κ1) is 33.8. The van der Waals surface area contributed by atoms with Crippen LogP contribution in [0.3, 0.4) is 0 Å². The Bertz CT molecular complexity index is 1080. The standard InChI is InChI=1S/C37H61N3O4/c1-27-33(41)13-12-31(40-27)11-10-28-9-6-16-36(14-3-4-15-36)17-18-37(44,25-34(42)43)26-39-35(2)19-20-38-32(24-35)23-30-8-5-7-29(21-28)22-30/h5,7-8,22,27-28,31-33,38-41,44H,3-4,6,9-21,23-26H2,1-2H3,(H,42,43)/t27-,28-,31+,32+,33+,35+,37+/m0/s1. The summed E-state index contributed by atoms with van der Waals surface area (Å²) in [5, 5.41) is 42.9. The maximum Gasteiger partial charge on any atom is 0.306 e. The Morgan fingerprint density at radius 1 is 0.955 bits per heavy atom. The van der Waals surface area contributed by atoms with Gasteiger partial charge in [0.2, 0.25) is 0 Å². The van der Waals surface area contributed by atoms with Crippen LogP contribution in [0.4, 0.5) is 0 Å². The average molecular weight is 612 g/mol. The molecule has 0 aromatic heterocycles. The van der Waals surface area contributed by atoms with E-state index in [9.17, 15) is 20.1 Å². The fourth-order valence-corrected chi connectivity index (χ4v) is 9.19. The highest BCUT2D eigenvalue weighted by Crippen LogP contribution is 2.47. The van der Waals surface area contributed by atoms with Crippen LogP contribution in [0.15, 0.2) is 24.3 Å². The second-order valence-electron chi connectivity index (χ2n) is 15.9. The van der Waals surface area contributed by atoms with E-state index >= 15 is 0 Å². The molecule has 3 heterocycles. The van der Waals surface area contributed by atoms with E-state index in [1.807, 2.05) is 0 Å². The maximum atomic E-state index is 11.9. The van der Waals surface area contributed by atoms with Gasteiger partial charge in [-0.25, -0.2) is 0 Å². The highest BCUT2D eigenvalue weighted by Gasteiger charge is 2.40. The number of carbonyl (C=O) groups is 1. The maximum absolute atomic E-state index is 11.9. The van der Waals surface area contributed by atoms with E-state index in [1.165, 1.54) is 62.5 Å². The van der Waals surface area contributed by atoms with Gasteiger partial charge < -0.3 is 31.3 Å². The molecule has 7 heteroatoms. The number of hydrogen-bond donors (Lipinski definition) is 6. The quantitative estimate of drug-likeness (QED) is 0.261. The van der Waals surface area contributed by atoms with Crippen LogP contribution in [-0.2, 0) is 17.6 Å². The number of aliphatic hydroxyl groups excluding tert-OH is 1. The molecule has 4 bridgehead atoms. The van der Waals surface area contributed by atoms with Crippen molar-refractivity contribution in [2.75, 3.05) is 13.1 Å². The molecule has 1 aliphatic carbocycles. The largest absolute Gasteiger partial charge is 0.481 e. The molecule has 0 radical (unpaired) electrons. The number of carboxylic acid groups (broad SMARTS) is 1. The van der Waals surface area contributed by atoms with Crippen molar-refractivity contribution in [3.8, 4) is 0 Å². The van der Waals surface area contributed by atoms with Gasteiger partial charge in [-0.05, 0) is 126 Å². The van der Waals surface area contributed by atoms with Crippen LogP contribution in [-0.4, -0.2) is 69.7 Å². The van der Waals surface area contributed by atoms with Crippen LogP contribution >= 0.6 is 0 Å². The van der Waals surface area contributed by atoms with Crippen molar-refractivity contribution in [3.05, 3.63) is 35.4 Å². The van der Waals surface area contributed by atoms with Crippen molar-refractivity contribution in [3.63, 3.8) is 0 Å². The predicted octanol–water partition coefficient (Wildman–Crippen LogP) is 5.50. The van der Waals surface area contributed by atoms with Crippen LogP contribution in [0.5, 0.6) is 0 Å². The molecule has 5 rings (SSSR count). The third-order valence-electron chi connectivity index (χ3n) is 12.0. The van der Waals surface area contributed by atoms with Gasteiger partial charge in [-0.3, -0.25) is 4.79 Å². The second-order valence-corrected chi connectivity index (χ2v) is 15.9. The number of fused-ring (bicyclic) bond motifs is 4. The average Bonchev–Trinajstić information content (AvgIpc) is 3.44. The zero-order valence-corrected chi connectivity index (χ0v) is 27.6. The molecule has 0 unspecified atom stereocenters. The molecule has 1 saturated carbocycles. The van der Waals surface area contributed by atoms with Crippen LogP contribution in [0, 0.1) is 11.3 Å². The van der Waals surface area contributed by atoms with Gasteiger partial charge in [-0.2, -0.15) is 0 Å². The third kappa shape index (κ3) is 9.51. The number of rotatable bonds is 5. The number of β-amino-alcohol motifs (C(OH)–C–C–N with tert-alkyl or cyclic N) is 1. The fraction of sp³-hybridized carbons (Fsp3) is 0.811. The lowest BCUT2D eigenvalue weighted by Gasteiger charge is -2.42. The number of aliphatic carboxylic acids is 1. The molecule has 6 N–H and O–H groups in total. The molecule has 44 heavy (non-hydrogen) atoms. The van der Waals surface area contributed by atoms with Crippen LogP contribution in [0.25, 0.3) is 0 Å². The van der Waals surface area contributed by atoms with Crippen molar-refractivity contribution >= 4 is 5.97 Å². The van der Waals surface area contributed by atoms with E-state index in [2.05, 4.69) is 54.1 Å². The van der Waals surface area contributed by atoms with Crippen molar-refractivity contribution in [2.45, 2.75) is 165 Å². The first-order chi connectivity index (χ1) is 21.0. The van der Waals surface area contributed by atoms with Crippen molar-refractivity contribution in [1.29, 1.82) is 0 Å². The summed E-state index contributed by atoms with van der Waals surface area (Å²) in [6, 6.07) is 10.3. The number of carboxylic acids is 1. The van der Waals surface area contributed by atoms with Gasteiger partial charge in [0.05, 0.1) is 18.1 Å². The van der Waals surface area contributed by atoms with Crippen LogP contribution in [0.1, 0.15) is 128 Å². The first-order valence-electron chi connectivity index (χ1n) is 18.0. The van der Waals surface area contributed by atoms with Crippen molar-refractivity contribution in [1.82, 2.24) is 16.0 Å². The molecule has 248 valence electrons. The van der Waals surface area contributed by atoms with E-state index in [4.69, 9.17) is 0 Å². The summed E-state index contributed by atoms with van der Waals surface area (Å²) in [6.07, 6.45) is 17.8. The van der Waals surface area contributed by atoms with E-state index in [0.717, 1.165) is 57.9 Å². The van der Waals surface area contributed by atoms with E-state index in [0.29, 0.717) is 31.0 Å². The Hall–Kier alpha value is -1.51. The Labute approximate surface area is 266 Å². The molecule has 1 spiro atoms. The molecule has 1 aromatic carbocycles. The number of hydrogen-bond acceptors (Lipinski definition) is 6. The minimum absolute atomic E-state index is 0.137. The number of benzene rings is 1. The lowest BCUT2D eigenvalue weighted by molar-refractivity contribution is -0.143. The normalized spacial score (nSPS) is 37.2. The first-order valence-corrected chi connectivity index (χ1v) is 18.0. The zero-order chi connectivity index (χ0) is 31.2. The van der Waals surface area contributed by atoms with Gasteiger partial charge >= 0.3 is 5.97 Å². The van der Waals surface area contributed by atoms with Gasteiger partial charge in [-0.15, -0.1) is 0 Å². The molecular formula is C37H61N3O4. The summed E-state index contributed by atoms with van der Waals surface area (Å²) in [5.41, 5.74) is 1.70. The molecule has 3 fully saturated rings. The lowest BCUT2D eigenvalue weighted by atomic mass is 9.73. The monoisotopic (exact) mass is 611 g/mol. The summed E-state index contributed by atoms with van der Waals surface area (Å²) in [5.74, 6) is -0.292. The minimum Gasteiger partial charge on any atom is -0.481 e. The van der Waals surface area contributed by atoms with Gasteiger partial charge in [0.25, 0.3) is 0 Å². The minimum atomic E-state index is -1.23. The van der Waals surface area contributed by atoms with Gasteiger partial charge in [0.15, 0.2) is 0 Å². The SMILES string of the molecule is C[C@@H]1N[C@H](CC[C@@H]2CCCC3(CCCC3)CC[C@@](O)(CC(=O)O)CN[C@]3(C)CCN[C@H](Cc4cccc(c4)C2)C3)CC[C@H]1O. The molecular weight excluding hydrogens is 550 g/mol. The Kier molecular flexibility index (Phi) is 11.5. The summed E-state index contributed by atoms with van der Waals surface area (Å²) < 4.78 is 0. The number of aliphatic hydroxyl groups is 2. The van der Waals surface area contributed by atoms with E-state index in [-0.39, 0.29) is 29.5 Å². The Morgan fingerprint density at radius 2 is 1.70 bits per heavy atom. The molecule has 0 amide bonds. The van der Waals surface area contributed by atoms with Crippen LogP contribution < -0.4 is 16.0 Å². The van der Waals surface area contributed by atoms with Gasteiger partial charge in [0.1, 0.15) is 0 Å².